The van der Waals surface area contributed by atoms with E-state index in [1.54, 1.807) is 0 Å². The minimum absolute atomic E-state index is 0.320. The molecule has 1 aromatic rings. The summed E-state index contributed by atoms with van der Waals surface area (Å²) in [5, 5.41) is 3.27. The average molecular weight is 203 g/mol. The number of hydrogen-bond acceptors (Lipinski definition) is 3. The van der Waals surface area contributed by atoms with Gasteiger partial charge >= 0.3 is 0 Å². The molecule has 0 aromatic heterocycles. The maximum Gasteiger partial charge on any atom is 0.231 e. The molecule has 78 valence electrons. The second-order valence-electron chi connectivity index (χ2n) is 3.17. The summed E-state index contributed by atoms with van der Waals surface area (Å²) in [7, 11) is 0. The van der Waals surface area contributed by atoms with E-state index in [-0.39, 0.29) is 0 Å². The Kier molecular flexibility index (Phi) is 2.99. The third-order valence-corrected chi connectivity index (χ3v) is 2.13. The number of hydrogen-bond donors (Lipinski definition) is 1. The molecule has 1 aromatic carbocycles. The number of anilines is 1. The zero-order valence-corrected chi connectivity index (χ0v) is 8.67. The number of fused-ring (bicyclic) bond motifs is 1. The second-order valence-corrected chi connectivity index (χ2v) is 3.17. The molecule has 2 rings (SSSR count). The first kappa shape index (κ1) is 9.72. The van der Waals surface area contributed by atoms with Gasteiger partial charge in [0.15, 0.2) is 11.5 Å². The van der Waals surface area contributed by atoms with Crippen molar-refractivity contribution in [3.63, 3.8) is 0 Å². The van der Waals surface area contributed by atoms with Gasteiger partial charge in [-0.05, 0) is 19.1 Å². The largest absolute Gasteiger partial charge is 0.454 e. The predicted molar refractivity (Wildman–Crippen MR) is 59.1 cm³/mol. The maximum atomic E-state index is 5.28. The van der Waals surface area contributed by atoms with Gasteiger partial charge in [0.25, 0.3) is 0 Å². The van der Waals surface area contributed by atoms with Crippen molar-refractivity contribution in [2.45, 2.75) is 13.3 Å². The smallest absolute Gasteiger partial charge is 0.231 e. The van der Waals surface area contributed by atoms with Gasteiger partial charge in [0.05, 0.1) is 0 Å². The van der Waals surface area contributed by atoms with Crippen LogP contribution >= 0.6 is 0 Å². The summed E-state index contributed by atoms with van der Waals surface area (Å²) in [6, 6.07) is 5.84. The Morgan fingerprint density at radius 2 is 2.20 bits per heavy atom. The van der Waals surface area contributed by atoms with Crippen molar-refractivity contribution in [2.24, 2.45) is 0 Å². The fourth-order valence-electron chi connectivity index (χ4n) is 1.40. The molecule has 1 aliphatic heterocycles. The lowest BCUT2D eigenvalue weighted by molar-refractivity contribution is 0.174. The van der Waals surface area contributed by atoms with Crippen molar-refractivity contribution in [2.75, 3.05) is 18.7 Å². The molecule has 0 fully saturated rings. The van der Waals surface area contributed by atoms with E-state index in [4.69, 9.17) is 9.47 Å². The Balaban J connectivity index is 1.94. The lowest BCUT2D eigenvalue weighted by Crippen LogP contribution is -1.99. The van der Waals surface area contributed by atoms with Crippen molar-refractivity contribution in [3.05, 3.63) is 18.2 Å². The van der Waals surface area contributed by atoms with Gasteiger partial charge in [0.1, 0.15) is 0 Å². The van der Waals surface area contributed by atoms with Crippen molar-refractivity contribution in [3.8, 4) is 23.3 Å². The first-order chi connectivity index (χ1) is 7.40. The Hall–Kier alpha value is -1.82. The molecular formula is C12H13NO2. The lowest BCUT2D eigenvalue weighted by Gasteiger charge is -2.04. The maximum absolute atomic E-state index is 5.28. The van der Waals surface area contributed by atoms with E-state index in [0.29, 0.717) is 6.79 Å². The van der Waals surface area contributed by atoms with Crippen LogP contribution in [0, 0.1) is 11.8 Å². The standard InChI is InChI=1S/C12H13NO2/c1-2-3-4-7-13-10-5-6-11-12(8-10)15-9-14-11/h5-6,8,13H,4,7,9H2,1H3. The third-order valence-electron chi connectivity index (χ3n) is 2.13. The zero-order valence-electron chi connectivity index (χ0n) is 8.67. The molecule has 0 saturated carbocycles. The molecule has 0 unspecified atom stereocenters. The minimum Gasteiger partial charge on any atom is -0.454 e. The SMILES string of the molecule is CC#CCCNc1ccc2c(c1)OCO2. The predicted octanol–water partition coefficient (Wildman–Crippen LogP) is 2.24. The molecule has 1 heterocycles. The van der Waals surface area contributed by atoms with Crippen LogP contribution in [-0.2, 0) is 0 Å². The van der Waals surface area contributed by atoms with Crippen molar-refractivity contribution in [1.29, 1.82) is 0 Å². The van der Waals surface area contributed by atoms with Crippen LogP contribution in [-0.4, -0.2) is 13.3 Å². The van der Waals surface area contributed by atoms with E-state index >= 15 is 0 Å². The Morgan fingerprint density at radius 3 is 3.07 bits per heavy atom. The molecule has 0 saturated heterocycles. The summed E-state index contributed by atoms with van der Waals surface area (Å²) in [6.07, 6.45) is 0.852. The van der Waals surface area contributed by atoms with Gasteiger partial charge < -0.3 is 14.8 Å². The van der Waals surface area contributed by atoms with Crippen LogP contribution in [0.1, 0.15) is 13.3 Å². The van der Waals surface area contributed by atoms with Crippen LogP contribution < -0.4 is 14.8 Å². The first-order valence-electron chi connectivity index (χ1n) is 4.93. The summed E-state index contributed by atoms with van der Waals surface area (Å²) >= 11 is 0. The van der Waals surface area contributed by atoms with Gasteiger partial charge in [-0.25, -0.2) is 0 Å². The van der Waals surface area contributed by atoms with E-state index in [1.165, 1.54) is 0 Å². The van der Waals surface area contributed by atoms with E-state index in [9.17, 15) is 0 Å². The molecule has 1 N–H and O–H groups in total. The Bertz CT molecular complexity index is 404. The van der Waals surface area contributed by atoms with Gasteiger partial charge in [0.2, 0.25) is 6.79 Å². The van der Waals surface area contributed by atoms with Crippen LogP contribution in [0.25, 0.3) is 0 Å². The van der Waals surface area contributed by atoms with Crippen molar-refractivity contribution in [1.82, 2.24) is 0 Å². The molecular weight excluding hydrogens is 190 g/mol. The van der Waals surface area contributed by atoms with Crippen LogP contribution in [0.5, 0.6) is 11.5 Å². The number of rotatable bonds is 3. The normalized spacial score (nSPS) is 11.8. The highest BCUT2D eigenvalue weighted by atomic mass is 16.7. The van der Waals surface area contributed by atoms with Crippen LogP contribution in [0.2, 0.25) is 0 Å². The molecule has 0 spiro atoms. The van der Waals surface area contributed by atoms with E-state index in [1.807, 2.05) is 25.1 Å². The quantitative estimate of drug-likeness (QED) is 0.603. The molecule has 1 aliphatic rings. The van der Waals surface area contributed by atoms with Crippen LogP contribution in [0.15, 0.2) is 18.2 Å². The van der Waals surface area contributed by atoms with E-state index in [0.717, 1.165) is 30.2 Å². The van der Waals surface area contributed by atoms with Gasteiger partial charge in [-0.3, -0.25) is 0 Å². The molecule has 3 heteroatoms. The second kappa shape index (κ2) is 4.61. The summed E-state index contributed by atoms with van der Waals surface area (Å²) < 4.78 is 10.5. The molecule has 0 bridgehead atoms. The fourth-order valence-corrected chi connectivity index (χ4v) is 1.40. The number of benzene rings is 1. The van der Waals surface area contributed by atoms with Crippen molar-refractivity contribution < 1.29 is 9.47 Å². The monoisotopic (exact) mass is 203 g/mol. The first-order valence-corrected chi connectivity index (χ1v) is 4.93. The Labute approximate surface area is 89.4 Å². The lowest BCUT2D eigenvalue weighted by atomic mass is 10.2. The molecule has 0 radical (unpaired) electrons. The molecule has 0 aliphatic carbocycles. The summed E-state index contributed by atoms with van der Waals surface area (Å²) in [5.41, 5.74) is 1.04. The summed E-state index contributed by atoms with van der Waals surface area (Å²) in [5.74, 6) is 7.48. The Morgan fingerprint density at radius 1 is 1.33 bits per heavy atom. The minimum atomic E-state index is 0.320. The highest BCUT2D eigenvalue weighted by Crippen LogP contribution is 2.34. The van der Waals surface area contributed by atoms with E-state index in [2.05, 4.69) is 17.2 Å². The highest BCUT2D eigenvalue weighted by Gasteiger charge is 2.12. The average Bonchev–Trinajstić information content (AvgIpc) is 2.71. The highest BCUT2D eigenvalue weighted by molar-refractivity contribution is 5.55. The van der Waals surface area contributed by atoms with Crippen molar-refractivity contribution >= 4 is 5.69 Å². The molecule has 15 heavy (non-hydrogen) atoms. The number of ether oxygens (including phenoxy) is 2. The fraction of sp³-hybridized carbons (Fsp3) is 0.333. The van der Waals surface area contributed by atoms with Crippen LogP contribution in [0.4, 0.5) is 5.69 Å². The van der Waals surface area contributed by atoms with E-state index < -0.39 is 0 Å². The molecule has 3 nitrogen and oxygen atoms in total. The van der Waals surface area contributed by atoms with Gasteiger partial charge in [-0.2, -0.15) is 0 Å². The topological polar surface area (TPSA) is 30.5 Å². The molecule has 0 amide bonds. The zero-order chi connectivity index (χ0) is 10.5. The van der Waals surface area contributed by atoms with Crippen LogP contribution in [0.3, 0.4) is 0 Å². The summed E-state index contributed by atoms with van der Waals surface area (Å²) in [6.45, 7) is 3.02. The van der Waals surface area contributed by atoms with Gasteiger partial charge in [-0.1, -0.05) is 0 Å². The third kappa shape index (κ3) is 2.35. The summed E-state index contributed by atoms with van der Waals surface area (Å²) in [4.78, 5) is 0. The van der Waals surface area contributed by atoms with Gasteiger partial charge in [-0.15, -0.1) is 11.8 Å². The molecule has 0 atom stereocenters. The van der Waals surface area contributed by atoms with Gasteiger partial charge in [0, 0.05) is 24.7 Å². The number of nitrogens with one attached hydrogen (secondary N) is 1.